The molecule has 2 unspecified atom stereocenters. The number of nitrogens with two attached hydrogens (primary N) is 1. The number of hydrogen-bond donors (Lipinski definition) is 2. The summed E-state index contributed by atoms with van der Waals surface area (Å²) in [4.78, 5) is 4.06. The van der Waals surface area contributed by atoms with E-state index in [0.717, 1.165) is 22.6 Å². The monoisotopic (exact) mass is 256 g/mol. The van der Waals surface area contributed by atoms with Crippen molar-refractivity contribution in [2.75, 3.05) is 23.0 Å². The maximum Gasteiger partial charge on any atom is 0.129 e. The van der Waals surface area contributed by atoms with E-state index in [2.05, 4.69) is 4.98 Å². The summed E-state index contributed by atoms with van der Waals surface area (Å²) < 4.78 is 0. The van der Waals surface area contributed by atoms with Crippen molar-refractivity contribution in [2.24, 2.45) is 0 Å². The molecule has 3 N–H and O–H groups in total. The van der Waals surface area contributed by atoms with Gasteiger partial charge in [0.15, 0.2) is 0 Å². The highest BCUT2D eigenvalue weighted by Gasteiger charge is 2.26. The summed E-state index contributed by atoms with van der Waals surface area (Å²) in [6, 6.07) is 1.90. The largest absolute Gasteiger partial charge is 0.387 e. The van der Waals surface area contributed by atoms with Crippen molar-refractivity contribution in [1.82, 2.24) is 4.98 Å². The van der Waals surface area contributed by atoms with E-state index in [9.17, 15) is 5.11 Å². The maximum atomic E-state index is 10.4. The van der Waals surface area contributed by atoms with Crippen LogP contribution < -0.4 is 5.73 Å². The highest BCUT2D eigenvalue weighted by Crippen LogP contribution is 2.36. The molecule has 1 fully saturated rings. The van der Waals surface area contributed by atoms with Gasteiger partial charge in [0.25, 0.3) is 0 Å². The molecule has 0 aliphatic carbocycles. The molecule has 5 heteroatoms. The van der Waals surface area contributed by atoms with Gasteiger partial charge in [-0.25, -0.2) is 4.98 Å². The van der Waals surface area contributed by atoms with Crippen molar-refractivity contribution in [3.8, 4) is 0 Å². The first-order chi connectivity index (χ1) is 7.70. The Hall–Kier alpha value is -0.390. The Morgan fingerprint density at radius 1 is 1.56 bits per heavy atom. The lowest BCUT2D eigenvalue weighted by Gasteiger charge is -2.27. The third-order valence-electron chi connectivity index (χ3n) is 2.73. The zero-order valence-corrected chi connectivity index (χ0v) is 10.9. The van der Waals surface area contributed by atoms with Crippen molar-refractivity contribution in [3.05, 3.63) is 23.4 Å². The fourth-order valence-electron chi connectivity index (χ4n) is 1.85. The molecule has 0 amide bonds. The molecule has 1 aromatic heterocycles. The number of rotatable bonds is 2. The zero-order valence-electron chi connectivity index (χ0n) is 9.22. The molecule has 1 aliphatic rings. The second kappa shape index (κ2) is 5.29. The van der Waals surface area contributed by atoms with Crippen LogP contribution in [0, 0.1) is 6.92 Å². The lowest BCUT2D eigenvalue weighted by Crippen LogP contribution is -2.24. The van der Waals surface area contributed by atoms with Crippen molar-refractivity contribution in [2.45, 2.75) is 18.3 Å². The summed E-state index contributed by atoms with van der Waals surface area (Å²) in [7, 11) is 0. The molecule has 0 saturated carbocycles. The van der Waals surface area contributed by atoms with Gasteiger partial charge in [0.05, 0.1) is 6.10 Å². The first kappa shape index (κ1) is 12.1. The van der Waals surface area contributed by atoms with Crippen LogP contribution in [-0.2, 0) is 0 Å². The minimum Gasteiger partial charge on any atom is -0.387 e. The molecule has 88 valence electrons. The summed E-state index contributed by atoms with van der Waals surface area (Å²) in [6.45, 7) is 1.97. The van der Waals surface area contributed by atoms with Crippen LogP contribution in [0.5, 0.6) is 0 Å². The molecule has 0 aromatic carbocycles. The van der Waals surface area contributed by atoms with Gasteiger partial charge in [0.1, 0.15) is 5.82 Å². The minimum absolute atomic E-state index is 0.240. The smallest absolute Gasteiger partial charge is 0.129 e. The number of hydrogen-bond acceptors (Lipinski definition) is 5. The number of nitrogen functional groups attached to an aromatic ring is 1. The first-order valence-electron chi connectivity index (χ1n) is 5.28. The van der Waals surface area contributed by atoms with Crippen LogP contribution in [0.1, 0.15) is 17.2 Å². The molecule has 16 heavy (non-hydrogen) atoms. The molecule has 0 bridgehead atoms. The maximum absolute atomic E-state index is 10.4. The van der Waals surface area contributed by atoms with Crippen molar-refractivity contribution in [3.63, 3.8) is 0 Å². The Kier molecular flexibility index (Phi) is 4.00. The Balaban J connectivity index is 2.22. The Morgan fingerprint density at radius 3 is 3.00 bits per heavy atom. The van der Waals surface area contributed by atoms with Gasteiger partial charge in [0, 0.05) is 34.3 Å². The summed E-state index contributed by atoms with van der Waals surface area (Å²) in [6.07, 6.45) is 1.19. The highest BCUT2D eigenvalue weighted by molar-refractivity contribution is 8.06. The molecule has 1 aromatic rings. The van der Waals surface area contributed by atoms with Crippen molar-refractivity contribution in [1.29, 1.82) is 0 Å². The summed E-state index contributed by atoms with van der Waals surface area (Å²) >= 11 is 3.73. The summed E-state index contributed by atoms with van der Waals surface area (Å²) in [5.74, 6) is 3.73. The van der Waals surface area contributed by atoms with Gasteiger partial charge in [-0.2, -0.15) is 23.5 Å². The van der Waals surface area contributed by atoms with Gasteiger partial charge in [0.2, 0.25) is 0 Å². The average molecular weight is 256 g/mol. The van der Waals surface area contributed by atoms with Gasteiger partial charge < -0.3 is 10.8 Å². The number of aryl methyl sites for hydroxylation is 1. The quantitative estimate of drug-likeness (QED) is 0.846. The van der Waals surface area contributed by atoms with Crippen LogP contribution in [0.25, 0.3) is 0 Å². The van der Waals surface area contributed by atoms with Gasteiger partial charge in [-0.1, -0.05) is 0 Å². The fraction of sp³-hybridized carbons (Fsp3) is 0.545. The Morgan fingerprint density at radius 2 is 2.38 bits per heavy atom. The number of anilines is 1. The summed E-state index contributed by atoms with van der Waals surface area (Å²) in [5.41, 5.74) is 7.67. The van der Waals surface area contributed by atoms with E-state index in [1.807, 2.05) is 36.5 Å². The summed E-state index contributed by atoms with van der Waals surface area (Å²) in [5, 5.41) is 10.6. The topological polar surface area (TPSA) is 59.1 Å². The molecule has 1 saturated heterocycles. The number of aliphatic hydroxyl groups is 1. The number of nitrogens with zero attached hydrogens (tertiary/aromatic N) is 1. The molecule has 2 heterocycles. The predicted octanol–water partition coefficient (Wildman–Crippen LogP) is 1.85. The van der Waals surface area contributed by atoms with E-state index < -0.39 is 6.10 Å². The van der Waals surface area contributed by atoms with Crippen LogP contribution >= 0.6 is 23.5 Å². The third kappa shape index (κ3) is 2.47. The number of pyridine rings is 1. The molecule has 0 radical (unpaired) electrons. The Bertz CT molecular complexity index is 347. The van der Waals surface area contributed by atoms with Gasteiger partial charge >= 0.3 is 0 Å². The number of aliphatic hydroxyl groups excluding tert-OH is 1. The molecule has 2 rings (SSSR count). The molecule has 1 aliphatic heterocycles. The normalized spacial score (nSPS) is 23.0. The first-order valence-corrected chi connectivity index (χ1v) is 7.49. The molecule has 2 atom stereocenters. The second-order valence-electron chi connectivity index (χ2n) is 3.86. The zero-order chi connectivity index (χ0) is 11.5. The van der Waals surface area contributed by atoms with Crippen LogP contribution in [0.4, 0.5) is 5.82 Å². The SMILES string of the molecule is Cc1ccnc(N)c1C(O)C1CSCCS1. The van der Waals surface area contributed by atoms with Gasteiger partial charge in [-0.05, 0) is 18.6 Å². The van der Waals surface area contributed by atoms with E-state index in [1.165, 1.54) is 5.75 Å². The fourth-order valence-corrected chi connectivity index (χ4v) is 4.58. The van der Waals surface area contributed by atoms with Crippen molar-refractivity contribution >= 4 is 29.3 Å². The minimum atomic E-state index is -0.494. The van der Waals surface area contributed by atoms with Gasteiger partial charge in [-0.3, -0.25) is 0 Å². The standard InChI is InChI=1S/C11H16N2OS2/c1-7-2-3-13-11(12)9(7)10(14)8-6-15-4-5-16-8/h2-3,8,10,14H,4-6H2,1H3,(H2,12,13). The van der Waals surface area contributed by atoms with Crippen LogP contribution in [0.2, 0.25) is 0 Å². The predicted molar refractivity (Wildman–Crippen MR) is 71.9 cm³/mol. The lowest BCUT2D eigenvalue weighted by atomic mass is 10.0. The highest BCUT2D eigenvalue weighted by atomic mass is 32.2. The van der Waals surface area contributed by atoms with Crippen LogP contribution in [0.15, 0.2) is 12.3 Å². The second-order valence-corrected chi connectivity index (χ2v) is 6.35. The van der Waals surface area contributed by atoms with Crippen LogP contribution in [0.3, 0.4) is 0 Å². The van der Waals surface area contributed by atoms with E-state index in [4.69, 9.17) is 5.73 Å². The van der Waals surface area contributed by atoms with Crippen molar-refractivity contribution < 1.29 is 5.11 Å². The molecule has 0 spiro atoms. The van der Waals surface area contributed by atoms with E-state index in [1.54, 1.807) is 6.20 Å². The van der Waals surface area contributed by atoms with Crippen LogP contribution in [-0.4, -0.2) is 32.6 Å². The number of aromatic nitrogens is 1. The Labute approximate surface area is 104 Å². The third-order valence-corrected chi connectivity index (χ3v) is 5.58. The van der Waals surface area contributed by atoms with E-state index in [0.29, 0.717) is 5.82 Å². The number of thioether (sulfide) groups is 2. The molecular weight excluding hydrogens is 240 g/mol. The molecular formula is C11H16N2OS2. The lowest BCUT2D eigenvalue weighted by molar-refractivity contribution is 0.180. The molecule has 3 nitrogen and oxygen atoms in total. The van der Waals surface area contributed by atoms with E-state index >= 15 is 0 Å². The van der Waals surface area contributed by atoms with Gasteiger partial charge in [-0.15, -0.1) is 0 Å². The van der Waals surface area contributed by atoms with E-state index in [-0.39, 0.29) is 5.25 Å². The average Bonchev–Trinajstić information content (AvgIpc) is 2.30.